The van der Waals surface area contributed by atoms with E-state index in [1.165, 1.54) is 6.92 Å². The highest BCUT2D eigenvalue weighted by molar-refractivity contribution is 5.91. The number of fused-ring (bicyclic) bond motifs is 1. The zero-order valence-electron chi connectivity index (χ0n) is 12.8. The van der Waals surface area contributed by atoms with E-state index >= 15 is 0 Å². The molecule has 4 heteroatoms. The van der Waals surface area contributed by atoms with Gasteiger partial charge in [0.1, 0.15) is 12.2 Å². The molecule has 21 heavy (non-hydrogen) atoms. The van der Waals surface area contributed by atoms with Crippen LogP contribution in [0.5, 0.6) is 0 Å². The fourth-order valence-electron chi connectivity index (χ4n) is 2.92. The summed E-state index contributed by atoms with van der Waals surface area (Å²) in [7, 11) is 0. The van der Waals surface area contributed by atoms with Crippen molar-refractivity contribution in [3.63, 3.8) is 0 Å². The Hall–Kier alpha value is -1.84. The lowest BCUT2D eigenvalue weighted by atomic mass is 9.88. The van der Waals surface area contributed by atoms with Crippen molar-refractivity contribution in [3.8, 4) is 0 Å². The van der Waals surface area contributed by atoms with Crippen LogP contribution in [0.25, 0.3) is 0 Å². The van der Waals surface area contributed by atoms with Gasteiger partial charge in [-0.2, -0.15) is 0 Å². The SMILES string of the molecule is C=C1C(=O)OC2C=C(C)CC(OC(C)=O)C=C(C)CCC12. The number of hydrogen-bond donors (Lipinski definition) is 0. The van der Waals surface area contributed by atoms with Crippen LogP contribution in [-0.2, 0) is 19.1 Å². The van der Waals surface area contributed by atoms with E-state index in [2.05, 4.69) is 6.58 Å². The van der Waals surface area contributed by atoms with Crippen molar-refractivity contribution in [3.05, 3.63) is 35.5 Å². The molecule has 3 unspecified atom stereocenters. The quantitative estimate of drug-likeness (QED) is 0.423. The van der Waals surface area contributed by atoms with E-state index in [1.807, 2.05) is 26.0 Å². The lowest BCUT2D eigenvalue weighted by Crippen LogP contribution is -2.19. The first-order valence-corrected chi connectivity index (χ1v) is 7.28. The second kappa shape index (κ2) is 6.29. The number of allylic oxidation sites excluding steroid dienone is 1. The molecule has 0 aromatic heterocycles. The van der Waals surface area contributed by atoms with Crippen molar-refractivity contribution in [1.82, 2.24) is 0 Å². The van der Waals surface area contributed by atoms with E-state index in [-0.39, 0.29) is 30.1 Å². The third-order valence-electron chi connectivity index (χ3n) is 3.96. The minimum Gasteiger partial charge on any atom is -0.458 e. The van der Waals surface area contributed by atoms with E-state index in [1.54, 1.807) is 0 Å². The van der Waals surface area contributed by atoms with Crippen molar-refractivity contribution in [2.45, 2.75) is 52.2 Å². The van der Waals surface area contributed by atoms with Crippen LogP contribution in [-0.4, -0.2) is 24.1 Å². The Bertz CT molecular complexity index is 527. The summed E-state index contributed by atoms with van der Waals surface area (Å²) in [5, 5.41) is 0. The van der Waals surface area contributed by atoms with Crippen LogP contribution >= 0.6 is 0 Å². The molecule has 1 heterocycles. The maximum absolute atomic E-state index is 11.7. The molecule has 1 aliphatic heterocycles. The van der Waals surface area contributed by atoms with Gasteiger partial charge in [-0.25, -0.2) is 4.79 Å². The largest absolute Gasteiger partial charge is 0.458 e. The van der Waals surface area contributed by atoms with Crippen molar-refractivity contribution >= 4 is 11.9 Å². The lowest BCUT2D eigenvalue weighted by molar-refractivity contribution is -0.144. The lowest BCUT2D eigenvalue weighted by Gasteiger charge is -2.20. The molecule has 0 spiro atoms. The number of rotatable bonds is 1. The van der Waals surface area contributed by atoms with Gasteiger partial charge in [-0.05, 0) is 38.8 Å². The Balaban J connectivity index is 2.24. The molecule has 0 amide bonds. The predicted molar refractivity (Wildman–Crippen MR) is 79.4 cm³/mol. The van der Waals surface area contributed by atoms with Gasteiger partial charge in [0, 0.05) is 24.8 Å². The molecule has 1 saturated heterocycles. The van der Waals surface area contributed by atoms with E-state index in [9.17, 15) is 9.59 Å². The van der Waals surface area contributed by atoms with Gasteiger partial charge in [-0.15, -0.1) is 0 Å². The first kappa shape index (κ1) is 15.5. The van der Waals surface area contributed by atoms with Gasteiger partial charge < -0.3 is 9.47 Å². The van der Waals surface area contributed by atoms with E-state index < -0.39 is 0 Å². The van der Waals surface area contributed by atoms with E-state index in [0.717, 1.165) is 24.0 Å². The van der Waals surface area contributed by atoms with Gasteiger partial charge in [0.05, 0.1) is 0 Å². The number of ether oxygens (including phenoxy) is 2. The maximum Gasteiger partial charge on any atom is 0.334 e. The van der Waals surface area contributed by atoms with Crippen LogP contribution in [0.2, 0.25) is 0 Å². The highest BCUT2D eigenvalue weighted by Gasteiger charge is 2.37. The van der Waals surface area contributed by atoms with Crippen molar-refractivity contribution in [2.24, 2.45) is 5.92 Å². The summed E-state index contributed by atoms with van der Waals surface area (Å²) < 4.78 is 10.7. The number of carbonyl (C=O) groups is 2. The molecule has 0 radical (unpaired) electrons. The van der Waals surface area contributed by atoms with Crippen molar-refractivity contribution < 1.29 is 19.1 Å². The van der Waals surface area contributed by atoms with Crippen LogP contribution in [0.4, 0.5) is 0 Å². The van der Waals surface area contributed by atoms with Crippen molar-refractivity contribution in [1.29, 1.82) is 0 Å². The van der Waals surface area contributed by atoms with Crippen LogP contribution in [0, 0.1) is 5.92 Å². The van der Waals surface area contributed by atoms with Gasteiger partial charge in [0.15, 0.2) is 0 Å². The first-order chi connectivity index (χ1) is 9.86. The van der Waals surface area contributed by atoms with Crippen LogP contribution < -0.4 is 0 Å². The molecular formula is C17H22O4. The smallest absolute Gasteiger partial charge is 0.334 e. The van der Waals surface area contributed by atoms with Crippen molar-refractivity contribution in [2.75, 3.05) is 0 Å². The third kappa shape index (κ3) is 3.84. The molecule has 0 aromatic carbocycles. The second-order valence-electron chi connectivity index (χ2n) is 5.92. The molecular weight excluding hydrogens is 268 g/mol. The second-order valence-corrected chi connectivity index (χ2v) is 5.92. The Morgan fingerprint density at radius 2 is 2.05 bits per heavy atom. The molecule has 0 aromatic rings. The Labute approximate surface area is 125 Å². The summed E-state index contributed by atoms with van der Waals surface area (Å²) in [4.78, 5) is 22.9. The first-order valence-electron chi connectivity index (χ1n) is 7.28. The third-order valence-corrected chi connectivity index (χ3v) is 3.96. The standard InChI is InChI=1S/C17H22O4/c1-10-5-6-15-12(3)17(19)21-16(15)9-11(2)8-14(7-10)20-13(4)18/h7,9,14-16H,3,5-6,8H2,1-2,4H3. The number of carbonyl (C=O) groups excluding carboxylic acids is 2. The molecule has 2 aliphatic rings. The minimum absolute atomic E-state index is 0.0427. The molecule has 0 N–H and O–H groups in total. The summed E-state index contributed by atoms with van der Waals surface area (Å²) in [6.07, 6.45) is 5.73. The molecule has 2 rings (SSSR count). The van der Waals surface area contributed by atoms with Crippen LogP contribution in [0.1, 0.15) is 40.0 Å². The average molecular weight is 290 g/mol. The highest BCUT2D eigenvalue weighted by Crippen LogP contribution is 2.34. The fraction of sp³-hybridized carbons (Fsp3) is 0.529. The topological polar surface area (TPSA) is 52.6 Å². The normalized spacial score (nSPS) is 30.0. The fourth-order valence-corrected chi connectivity index (χ4v) is 2.92. The monoisotopic (exact) mass is 290 g/mol. The molecule has 0 bridgehead atoms. The van der Waals surface area contributed by atoms with Crippen LogP contribution in [0.3, 0.4) is 0 Å². The predicted octanol–water partition coefficient (Wildman–Crippen LogP) is 3.09. The summed E-state index contributed by atoms with van der Waals surface area (Å²) in [5.74, 6) is -0.542. The molecule has 0 saturated carbocycles. The van der Waals surface area contributed by atoms with Gasteiger partial charge in [0.2, 0.25) is 0 Å². The molecule has 1 fully saturated rings. The highest BCUT2D eigenvalue weighted by atomic mass is 16.6. The van der Waals surface area contributed by atoms with Gasteiger partial charge in [-0.1, -0.05) is 17.7 Å². The number of hydrogen-bond acceptors (Lipinski definition) is 4. The molecule has 3 atom stereocenters. The van der Waals surface area contributed by atoms with E-state index in [4.69, 9.17) is 9.47 Å². The zero-order chi connectivity index (χ0) is 15.6. The molecule has 4 nitrogen and oxygen atoms in total. The average Bonchev–Trinajstić information content (AvgIpc) is 2.61. The summed E-state index contributed by atoms with van der Waals surface area (Å²) in [5.41, 5.74) is 2.76. The number of esters is 2. The van der Waals surface area contributed by atoms with Crippen LogP contribution in [0.15, 0.2) is 35.5 Å². The van der Waals surface area contributed by atoms with Gasteiger partial charge in [-0.3, -0.25) is 4.79 Å². The Morgan fingerprint density at radius 1 is 1.33 bits per heavy atom. The van der Waals surface area contributed by atoms with Gasteiger partial charge >= 0.3 is 11.9 Å². The molecule has 114 valence electrons. The Morgan fingerprint density at radius 3 is 2.71 bits per heavy atom. The molecule has 1 aliphatic carbocycles. The zero-order valence-corrected chi connectivity index (χ0v) is 12.8. The summed E-state index contributed by atoms with van der Waals surface area (Å²) in [6, 6.07) is 0. The minimum atomic E-state index is -0.300. The summed E-state index contributed by atoms with van der Waals surface area (Å²) in [6.45, 7) is 9.26. The van der Waals surface area contributed by atoms with Gasteiger partial charge in [0.25, 0.3) is 0 Å². The summed E-state index contributed by atoms with van der Waals surface area (Å²) >= 11 is 0. The maximum atomic E-state index is 11.7. The van der Waals surface area contributed by atoms with E-state index in [0.29, 0.717) is 12.0 Å². The Kier molecular flexibility index (Phi) is 4.66.